The highest BCUT2D eigenvalue weighted by Crippen LogP contribution is 2.49. The summed E-state index contributed by atoms with van der Waals surface area (Å²) in [5.74, 6) is -0.150. The van der Waals surface area contributed by atoms with Crippen molar-refractivity contribution in [2.45, 2.75) is 31.1 Å². The molecule has 1 N–H and O–H groups in total. The fourth-order valence-electron chi connectivity index (χ4n) is 4.39. The van der Waals surface area contributed by atoms with Crippen LogP contribution in [0.15, 0.2) is 52.7 Å². The van der Waals surface area contributed by atoms with E-state index in [4.69, 9.17) is 16.6 Å². The van der Waals surface area contributed by atoms with E-state index in [1.54, 1.807) is 16.5 Å². The van der Waals surface area contributed by atoms with Crippen LogP contribution in [0.1, 0.15) is 41.7 Å². The molecular weight excluding hydrogens is 494 g/mol. The minimum atomic E-state index is -2.86. The zero-order chi connectivity index (χ0) is 24.0. The number of aromatic nitrogens is 3. The van der Waals surface area contributed by atoms with Gasteiger partial charge in [-0.25, -0.2) is 18.4 Å². The first-order chi connectivity index (χ1) is 16.3. The minimum absolute atomic E-state index is 0.0898. The number of aliphatic imine (C=N–C) groups is 1. The first kappa shape index (κ1) is 23.0. The minimum Gasteiger partial charge on any atom is -0.396 e. The van der Waals surface area contributed by atoms with E-state index in [0.717, 1.165) is 12.3 Å². The molecule has 0 bridgehead atoms. The maximum Gasteiger partial charge on any atom is 0.333 e. The maximum absolute atomic E-state index is 15.8. The second-order valence-corrected chi connectivity index (χ2v) is 9.37. The predicted octanol–water partition coefficient (Wildman–Crippen LogP) is 5.24. The van der Waals surface area contributed by atoms with E-state index < -0.39 is 24.1 Å². The molecule has 2 atom stereocenters. The highest BCUT2D eigenvalue weighted by Gasteiger charge is 2.48. The first-order valence-corrected chi connectivity index (χ1v) is 11.6. The van der Waals surface area contributed by atoms with Crippen molar-refractivity contribution in [1.29, 1.82) is 0 Å². The molecule has 0 aliphatic carbocycles. The third-order valence-electron chi connectivity index (χ3n) is 5.87. The van der Waals surface area contributed by atoms with Gasteiger partial charge in [-0.1, -0.05) is 17.7 Å². The number of hydrogen-bond donors (Lipinski definition) is 1. The summed E-state index contributed by atoms with van der Waals surface area (Å²) < 4.78 is 56.7. The molecular formula is C22H18ClF4N5OS. The number of halogens is 5. The fourth-order valence-corrected chi connectivity index (χ4v) is 5.30. The van der Waals surface area contributed by atoms with E-state index in [9.17, 15) is 18.3 Å². The molecule has 2 aliphatic rings. The standard InChI is InChI=1S/C22H18ClF4N5OS/c23-14-9-12(24)1-2-13(14)18-17(15-3-6-32(30-15)21(25)26)16-10-22(27,4-7-33)11-31(16)19(29-18)20-28-5-8-34-20/h1-3,5-6,8-9,18,21,33H,4,7,10-11H2/t18-,22+/m0/s1. The Labute approximate surface area is 200 Å². The van der Waals surface area contributed by atoms with Crippen molar-refractivity contribution in [3.05, 3.63) is 74.8 Å². The molecule has 1 fully saturated rings. The lowest BCUT2D eigenvalue weighted by molar-refractivity contribution is 0.0564. The van der Waals surface area contributed by atoms with E-state index in [1.165, 1.54) is 29.5 Å². The average molecular weight is 512 g/mol. The third kappa shape index (κ3) is 4.01. The number of allylic oxidation sites excluding steroid dienone is 1. The zero-order valence-electron chi connectivity index (χ0n) is 17.5. The molecule has 2 aliphatic heterocycles. The molecule has 0 spiro atoms. The van der Waals surface area contributed by atoms with Crippen LogP contribution in [-0.4, -0.2) is 49.4 Å². The number of benzene rings is 1. The average Bonchev–Trinajstić information content (AvgIpc) is 3.53. The van der Waals surface area contributed by atoms with Crippen molar-refractivity contribution in [2.75, 3.05) is 13.2 Å². The smallest absolute Gasteiger partial charge is 0.333 e. The van der Waals surface area contributed by atoms with Gasteiger partial charge in [0, 0.05) is 59.1 Å². The number of nitrogens with zero attached hydrogens (tertiary/aromatic N) is 5. The van der Waals surface area contributed by atoms with Gasteiger partial charge in [0.2, 0.25) is 0 Å². The SMILES string of the molecule is OCC[C@@]1(F)CC2=C(c3ccn(C(F)F)n3)[C@H](c3ccc(F)cc3Cl)N=C(c3nccs3)N2C1. The van der Waals surface area contributed by atoms with Gasteiger partial charge in [-0.05, 0) is 18.2 Å². The molecule has 2 aromatic heterocycles. The number of amidine groups is 1. The Morgan fingerprint density at radius 3 is 2.76 bits per heavy atom. The van der Waals surface area contributed by atoms with Crippen molar-refractivity contribution in [3.63, 3.8) is 0 Å². The summed E-state index contributed by atoms with van der Waals surface area (Å²) in [7, 11) is 0. The summed E-state index contributed by atoms with van der Waals surface area (Å²) in [5.41, 5.74) is -0.294. The van der Waals surface area contributed by atoms with Crippen LogP contribution in [-0.2, 0) is 0 Å². The molecule has 5 rings (SSSR count). The summed E-state index contributed by atoms with van der Waals surface area (Å²) in [6.07, 6.45) is 2.52. The van der Waals surface area contributed by atoms with E-state index in [-0.39, 0.29) is 36.7 Å². The Morgan fingerprint density at radius 2 is 2.12 bits per heavy atom. The van der Waals surface area contributed by atoms with Gasteiger partial charge < -0.3 is 10.0 Å². The number of alkyl halides is 3. The van der Waals surface area contributed by atoms with E-state index in [0.29, 0.717) is 32.4 Å². The monoisotopic (exact) mass is 511 g/mol. The molecule has 34 heavy (non-hydrogen) atoms. The Bertz CT molecular complexity index is 1280. The molecule has 0 saturated carbocycles. The van der Waals surface area contributed by atoms with Crippen LogP contribution < -0.4 is 0 Å². The van der Waals surface area contributed by atoms with Crippen LogP contribution in [0.2, 0.25) is 5.02 Å². The van der Waals surface area contributed by atoms with Crippen LogP contribution in [0.5, 0.6) is 0 Å². The third-order valence-corrected chi connectivity index (χ3v) is 6.96. The number of aliphatic hydroxyl groups is 1. The van der Waals surface area contributed by atoms with Crippen LogP contribution >= 0.6 is 22.9 Å². The van der Waals surface area contributed by atoms with E-state index in [1.807, 2.05) is 0 Å². The maximum atomic E-state index is 15.8. The van der Waals surface area contributed by atoms with Crippen LogP contribution in [0.25, 0.3) is 5.57 Å². The molecule has 0 amide bonds. The number of hydrogen-bond acceptors (Lipinski definition) is 6. The van der Waals surface area contributed by atoms with Crippen molar-refractivity contribution in [3.8, 4) is 0 Å². The van der Waals surface area contributed by atoms with Gasteiger partial charge in [0.25, 0.3) is 0 Å². The summed E-state index contributed by atoms with van der Waals surface area (Å²) in [6, 6.07) is 4.38. The van der Waals surface area contributed by atoms with E-state index in [2.05, 4.69) is 10.1 Å². The van der Waals surface area contributed by atoms with Crippen LogP contribution in [0.4, 0.5) is 17.6 Å². The van der Waals surface area contributed by atoms with Gasteiger partial charge >= 0.3 is 6.55 Å². The van der Waals surface area contributed by atoms with Gasteiger partial charge in [-0.15, -0.1) is 11.3 Å². The summed E-state index contributed by atoms with van der Waals surface area (Å²) in [4.78, 5) is 10.8. The number of aliphatic hydroxyl groups excluding tert-OH is 1. The lowest BCUT2D eigenvalue weighted by atomic mass is 9.91. The number of fused-ring (bicyclic) bond motifs is 1. The Morgan fingerprint density at radius 1 is 1.29 bits per heavy atom. The second kappa shape index (κ2) is 8.79. The molecule has 1 aromatic carbocycles. The molecule has 1 saturated heterocycles. The highest BCUT2D eigenvalue weighted by atomic mass is 35.5. The summed E-state index contributed by atoms with van der Waals surface area (Å²) in [5, 5.41) is 15.8. The van der Waals surface area contributed by atoms with Crippen molar-refractivity contribution in [2.24, 2.45) is 4.99 Å². The van der Waals surface area contributed by atoms with Gasteiger partial charge in [-0.3, -0.25) is 4.99 Å². The molecule has 3 aromatic rings. The van der Waals surface area contributed by atoms with Crippen LogP contribution in [0, 0.1) is 5.82 Å². The molecule has 0 unspecified atom stereocenters. The largest absolute Gasteiger partial charge is 0.396 e. The lowest BCUT2D eigenvalue weighted by Crippen LogP contribution is -2.36. The number of thiazole rings is 1. The van der Waals surface area contributed by atoms with E-state index >= 15 is 4.39 Å². The molecule has 12 heteroatoms. The number of rotatable bonds is 6. The quantitative estimate of drug-likeness (QED) is 0.460. The predicted molar refractivity (Wildman–Crippen MR) is 120 cm³/mol. The van der Waals surface area contributed by atoms with Crippen LogP contribution in [0.3, 0.4) is 0 Å². The van der Waals surface area contributed by atoms with Gasteiger partial charge in [-0.2, -0.15) is 13.9 Å². The Hall–Kier alpha value is -2.76. The highest BCUT2D eigenvalue weighted by molar-refractivity contribution is 7.11. The zero-order valence-corrected chi connectivity index (χ0v) is 19.1. The fraction of sp³-hybridized carbons (Fsp3) is 0.318. The molecule has 0 radical (unpaired) electrons. The van der Waals surface area contributed by atoms with Gasteiger partial charge in [0.1, 0.15) is 17.5 Å². The second-order valence-electron chi connectivity index (χ2n) is 8.06. The molecule has 4 heterocycles. The Kier molecular flexibility index (Phi) is 5.95. The Balaban J connectivity index is 1.74. The van der Waals surface area contributed by atoms with Crippen molar-refractivity contribution in [1.82, 2.24) is 19.7 Å². The lowest BCUT2D eigenvalue weighted by Gasteiger charge is -2.32. The summed E-state index contributed by atoms with van der Waals surface area (Å²) in [6.45, 7) is -3.31. The molecule has 178 valence electrons. The normalized spacial score (nSPS) is 22.5. The first-order valence-electron chi connectivity index (χ1n) is 10.4. The van der Waals surface area contributed by atoms with Gasteiger partial charge in [0.15, 0.2) is 10.8 Å². The van der Waals surface area contributed by atoms with Crippen molar-refractivity contribution < 1.29 is 22.7 Å². The van der Waals surface area contributed by atoms with Crippen molar-refractivity contribution >= 4 is 34.3 Å². The van der Waals surface area contributed by atoms with Gasteiger partial charge in [0.05, 0.1) is 12.2 Å². The topological polar surface area (TPSA) is 66.5 Å². The summed E-state index contributed by atoms with van der Waals surface area (Å²) >= 11 is 7.69. The molecule has 6 nitrogen and oxygen atoms in total.